The second-order valence-electron chi connectivity index (χ2n) is 10.2. The number of hydrogen-bond acceptors (Lipinski definition) is 7. The molecule has 2 heterocycles. The highest BCUT2D eigenvalue weighted by Crippen LogP contribution is 2.41. The minimum absolute atomic E-state index is 0.0181. The largest absolute Gasteiger partial charge is 0.426 e. The molecule has 38 heavy (non-hydrogen) atoms. The van der Waals surface area contributed by atoms with E-state index in [0.717, 1.165) is 0 Å². The molecule has 2 aliphatic heterocycles. The Kier molecular flexibility index (Phi) is 6.34. The summed E-state index contributed by atoms with van der Waals surface area (Å²) in [5, 5.41) is 11.3. The molecule has 0 spiro atoms. The summed E-state index contributed by atoms with van der Waals surface area (Å²) in [4.78, 5) is 65.1. The van der Waals surface area contributed by atoms with E-state index in [4.69, 9.17) is 4.74 Å². The minimum atomic E-state index is -0.748. The molecule has 5 rings (SSSR count). The Hall–Kier alpha value is -4.34. The highest BCUT2D eigenvalue weighted by Gasteiger charge is 2.50. The van der Waals surface area contributed by atoms with Gasteiger partial charge in [-0.1, -0.05) is 25.1 Å². The van der Waals surface area contributed by atoms with Gasteiger partial charge in [0.2, 0.25) is 17.7 Å². The molecule has 2 saturated heterocycles. The van der Waals surface area contributed by atoms with E-state index in [0.29, 0.717) is 28.9 Å². The third-order valence-corrected chi connectivity index (χ3v) is 7.66. The number of ether oxygens (including phenoxy) is 1. The first kappa shape index (κ1) is 25.3. The van der Waals surface area contributed by atoms with Gasteiger partial charge in [-0.15, -0.1) is 0 Å². The van der Waals surface area contributed by atoms with Crippen molar-refractivity contribution in [2.24, 2.45) is 23.7 Å². The number of nitro groups is 1. The number of fused-ring (bicyclic) bond motifs is 1. The van der Waals surface area contributed by atoms with E-state index < -0.39 is 16.8 Å². The SMILES string of the molecule is Cc1cc(OC(=O)[C@@H]2CC(=O)N(c3ccc(C)c([N+](=O)[O-])c3)C2)ccc1N1C(=O)[C@H]2[C@H](C)C=CC[C@H]2C1=O. The summed E-state index contributed by atoms with van der Waals surface area (Å²) >= 11 is 0. The van der Waals surface area contributed by atoms with Gasteiger partial charge in [-0.3, -0.25) is 29.3 Å². The van der Waals surface area contributed by atoms with E-state index in [2.05, 4.69) is 0 Å². The molecule has 0 radical (unpaired) electrons. The highest BCUT2D eigenvalue weighted by atomic mass is 16.6. The third kappa shape index (κ3) is 4.25. The summed E-state index contributed by atoms with van der Waals surface area (Å²) in [6.45, 7) is 5.33. The van der Waals surface area contributed by atoms with Gasteiger partial charge in [-0.2, -0.15) is 0 Å². The molecule has 196 valence electrons. The molecule has 0 saturated carbocycles. The molecule has 10 nitrogen and oxygen atoms in total. The number of benzene rings is 2. The number of amides is 3. The van der Waals surface area contributed by atoms with Crippen molar-refractivity contribution in [2.75, 3.05) is 16.3 Å². The van der Waals surface area contributed by atoms with Crippen LogP contribution in [-0.4, -0.2) is 35.2 Å². The fourth-order valence-corrected chi connectivity index (χ4v) is 5.60. The number of rotatable bonds is 5. The Balaban J connectivity index is 1.29. The molecule has 4 atom stereocenters. The number of hydrogen-bond donors (Lipinski definition) is 0. The Morgan fingerprint density at radius 1 is 1.05 bits per heavy atom. The van der Waals surface area contributed by atoms with E-state index in [1.807, 2.05) is 19.1 Å². The molecular weight excluding hydrogens is 490 g/mol. The summed E-state index contributed by atoms with van der Waals surface area (Å²) in [7, 11) is 0. The first-order valence-corrected chi connectivity index (χ1v) is 12.5. The quantitative estimate of drug-likeness (QED) is 0.147. The van der Waals surface area contributed by atoms with Crippen LogP contribution in [0.4, 0.5) is 17.1 Å². The molecule has 10 heteroatoms. The monoisotopic (exact) mass is 517 g/mol. The molecule has 1 aliphatic carbocycles. The Morgan fingerprint density at radius 3 is 2.50 bits per heavy atom. The predicted molar refractivity (Wildman–Crippen MR) is 138 cm³/mol. The molecule has 0 N–H and O–H groups in total. The number of allylic oxidation sites excluding steroid dienone is 2. The number of carbonyl (C=O) groups excluding carboxylic acids is 4. The lowest BCUT2D eigenvalue weighted by molar-refractivity contribution is -0.385. The summed E-state index contributed by atoms with van der Waals surface area (Å²) < 4.78 is 5.55. The van der Waals surface area contributed by atoms with Crippen LogP contribution in [0.25, 0.3) is 0 Å². The van der Waals surface area contributed by atoms with Crippen LogP contribution < -0.4 is 14.5 Å². The number of carbonyl (C=O) groups is 4. The zero-order valence-corrected chi connectivity index (χ0v) is 21.2. The molecule has 3 aliphatic rings. The fraction of sp³-hybridized carbons (Fsp3) is 0.357. The summed E-state index contributed by atoms with van der Waals surface area (Å²) in [5.41, 5.74) is 1.80. The van der Waals surface area contributed by atoms with Gasteiger partial charge in [0, 0.05) is 24.6 Å². The molecule has 0 aromatic heterocycles. The first-order chi connectivity index (χ1) is 18.1. The van der Waals surface area contributed by atoms with Gasteiger partial charge in [-0.25, -0.2) is 4.90 Å². The van der Waals surface area contributed by atoms with Crippen LogP contribution >= 0.6 is 0 Å². The van der Waals surface area contributed by atoms with Crippen LogP contribution in [0.1, 0.15) is 30.9 Å². The van der Waals surface area contributed by atoms with E-state index >= 15 is 0 Å². The Bertz CT molecular complexity index is 1420. The van der Waals surface area contributed by atoms with Gasteiger partial charge in [-0.05, 0) is 56.0 Å². The smallest absolute Gasteiger partial charge is 0.316 e. The van der Waals surface area contributed by atoms with Crippen molar-refractivity contribution < 1.29 is 28.8 Å². The topological polar surface area (TPSA) is 127 Å². The molecule has 3 amide bonds. The van der Waals surface area contributed by atoms with Crippen molar-refractivity contribution in [3.05, 3.63) is 69.8 Å². The minimum Gasteiger partial charge on any atom is -0.426 e. The zero-order valence-electron chi connectivity index (χ0n) is 21.2. The number of nitrogens with zero attached hydrogens (tertiary/aromatic N) is 3. The summed E-state index contributed by atoms with van der Waals surface area (Å²) in [6, 6.07) is 9.23. The Labute approximate surface area is 219 Å². The first-order valence-electron chi connectivity index (χ1n) is 12.5. The zero-order chi connectivity index (χ0) is 27.3. The average molecular weight is 518 g/mol. The van der Waals surface area contributed by atoms with Crippen LogP contribution in [0.5, 0.6) is 5.75 Å². The van der Waals surface area contributed by atoms with Crippen molar-refractivity contribution in [3.8, 4) is 5.75 Å². The van der Waals surface area contributed by atoms with Crippen LogP contribution in [0.3, 0.4) is 0 Å². The molecule has 0 bridgehead atoms. The van der Waals surface area contributed by atoms with Crippen LogP contribution in [-0.2, 0) is 19.2 Å². The van der Waals surface area contributed by atoms with Crippen molar-refractivity contribution >= 4 is 40.8 Å². The van der Waals surface area contributed by atoms with Crippen LogP contribution in [0.2, 0.25) is 0 Å². The van der Waals surface area contributed by atoms with Crippen molar-refractivity contribution in [1.29, 1.82) is 0 Å². The lowest BCUT2D eigenvalue weighted by atomic mass is 9.78. The highest BCUT2D eigenvalue weighted by molar-refractivity contribution is 6.22. The second kappa shape index (κ2) is 9.51. The summed E-state index contributed by atoms with van der Waals surface area (Å²) in [6.07, 6.45) is 4.38. The fourth-order valence-electron chi connectivity index (χ4n) is 5.60. The molecule has 2 aromatic rings. The third-order valence-electron chi connectivity index (χ3n) is 7.66. The maximum absolute atomic E-state index is 13.1. The number of aryl methyl sites for hydroxylation is 2. The van der Waals surface area contributed by atoms with Gasteiger partial charge < -0.3 is 9.64 Å². The van der Waals surface area contributed by atoms with E-state index in [9.17, 15) is 29.3 Å². The lowest BCUT2D eigenvalue weighted by Gasteiger charge is -2.22. The van der Waals surface area contributed by atoms with Gasteiger partial charge in [0.25, 0.3) is 5.69 Å². The maximum Gasteiger partial charge on any atom is 0.316 e. The predicted octanol–water partition coefficient (Wildman–Crippen LogP) is 3.87. The van der Waals surface area contributed by atoms with Crippen LogP contribution in [0.15, 0.2) is 48.6 Å². The van der Waals surface area contributed by atoms with E-state index in [1.54, 1.807) is 38.1 Å². The lowest BCUT2D eigenvalue weighted by Crippen LogP contribution is -2.32. The Morgan fingerprint density at radius 2 is 1.82 bits per heavy atom. The molecule has 2 fully saturated rings. The van der Waals surface area contributed by atoms with Crippen molar-refractivity contribution in [2.45, 2.75) is 33.6 Å². The molecule has 0 unspecified atom stereocenters. The van der Waals surface area contributed by atoms with Crippen LogP contribution in [0, 0.1) is 47.6 Å². The van der Waals surface area contributed by atoms with Crippen molar-refractivity contribution in [1.82, 2.24) is 0 Å². The van der Waals surface area contributed by atoms with Gasteiger partial charge in [0.15, 0.2) is 0 Å². The van der Waals surface area contributed by atoms with Crippen molar-refractivity contribution in [3.63, 3.8) is 0 Å². The summed E-state index contributed by atoms with van der Waals surface area (Å²) in [5.74, 6) is -2.63. The average Bonchev–Trinajstić information content (AvgIpc) is 3.38. The number of anilines is 2. The second-order valence-corrected chi connectivity index (χ2v) is 10.2. The number of nitro benzene ring substituents is 1. The molecule has 2 aromatic carbocycles. The standard InChI is InChI=1S/C28H27N3O7/c1-15-7-8-19(13-23(15)31(36)37)29-14-18(12-24(29)32)28(35)38-20-9-10-22(17(3)11-20)30-26(33)21-6-4-5-16(2)25(21)27(30)34/h4-5,7-11,13,16,18,21,25H,6,12,14H2,1-3H3/t16-,18-,21-,25+/m1/s1. The van der Waals surface area contributed by atoms with Gasteiger partial charge in [0.05, 0.1) is 34.1 Å². The normalized spacial score (nSPS) is 24.7. The maximum atomic E-state index is 13.1. The van der Waals surface area contributed by atoms with E-state index in [1.165, 1.54) is 21.9 Å². The van der Waals surface area contributed by atoms with Gasteiger partial charge in [0.1, 0.15) is 5.75 Å². The number of imide groups is 1. The molecular formula is C28H27N3O7. The number of esters is 1. The van der Waals surface area contributed by atoms with Gasteiger partial charge >= 0.3 is 5.97 Å². The van der Waals surface area contributed by atoms with E-state index in [-0.39, 0.29) is 59.9 Å².